The molecule has 0 unspecified atom stereocenters. The minimum absolute atomic E-state index is 0.0227. The summed E-state index contributed by atoms with van der Waals surface area (Å²) in [5.74, 6) is -0.679. The van der Waals surface area contributed by atoms with E-state index < -0.39 is 23.3 Å². The van der Waals surface area contributed by atoms with Gasteiger partial charge < -0.3 is 25.0 Å². The number of aryl methyl sites for hydroxylation is 1. The van der Waals surface area contributed by atoms with E-state index in [1.165, 1.54) is 12.1 Å². The number of benzene rings is 2. The van der Waals surface area contributed by atoms with Crippen LogP contribution < -0.4 is 20.8 Å². The minimum Gasteiger partial charge on any atom is -0.491 e. The average Bonchev–Trinajstić information content (AvgIpc) is 3.77. The Kier molecular flexibility index (Phi) is 8.73. The van der Waals surface area contributed by atoms with Crippen LogP contribution in [0.1, 0.15) is 60.5 Å². The van der Waals surface area contributed by atoms with E-state index >= 15 is 0 Å². The first kappa shape index (κ1) is 28.5. The molecule has 0 bridgehead atoms. The Hall–Kier alpha value is -3.01. The summed E-state index contributed by atoms with van der Waals surface area (Å²) in [6.07, 6.45) is 6.06. The minimum atomic E-state index is -0.730. The van der Waals surface area contributed by atoms with Crippen LogP contribution in [0.2, 0.25) is 5.02 Å². The van der Waals surface area contributed by atoms with E-state index in [1.54, 1.807) is 25.3 Å². The second-order valence-electron chi connectivity index (χ2n) is 11.0. The summed E-state index contributed by atoms with van der Waals surface area (Å²) >= 11 is 5.97. The van der Waals surface area contributed by atoms with E-state index in [-0.39, 0.29) is 40.5 Å². The van der Waals surface area contributed by atoms with Gasteiger partial charge in [0.1, 0.15) is 35.7 Å². The lowest BCUT2D eigenvalue weighted by molar-refractivity contribution is 0.0916. The quantitative estimate of drug-likeness (QED) is 0.321. The Labute approximate surface area is 236 Å². The molecule has 2 saturated carbocycles. The number of aromatic nitrogens is 1. The molecule has 2 aliphatic rings. The number of carbonyl (C=O) groups is 1. The third-order valence-corrected chi connectivity index (χ3v) is 8.13. The molecule has 5 rings (SSSR count). The van der Waals surface area contributed by atoms with Gasteiger partial charge in [0.25, 0.3) is 5.91 Å². The smallest absolute Gasteiger partial charge is 0.256 e. The number of aliphatic hydroxyl groups is 1. The van der Waals surface area contributed by atoms with Crippen LogP contribution in [0.3, 0.4) is 0 Å². The van der Waals surface area contributed by atoms with Crippen LogP contribution in [0.25, 0.3) is 10.9 Å². The van der Waals surface area contributed by atoms with E-state index in [9.17, 15) is 23.5 Å². The molecule has 3 aromatic rings. The molecule has 214 valence electrons. The summed E-state index contributed by atoms with van der Waals surface area (Å²) in [5, 5.41) is 16.6. The zero-order chi connectivity index (χ0) is 28.4. The Balaban J connectivity index is 1.09. The second-order valence-corrected chi connectivity index (χ2v) is 11.4. The Morgan fingerprint density at radius 1 is 1.12 bits per heavy atom. The summed E-state index contributed by atoms with van der Waals surface area (Å²) in [6, 6.07) is 7.33. The van der Waals surface area contributed by atoms with Crippen LogP contribution in [-0.4, -0.2) is 47.4 Å². The Morgan fingerprint density at radius 3 is 2.58 bits per heavy atom. The number of nitrogens with one attached hydrogen (secondary N) is 2. The van der Waals surface area contributed by atoms with Gasteiger partial charge in [-0.15, -0.1) is 0 Å². The lowest BCUT2D eigenvalue weighted by Crippen LogP contribution is -2.41. The van der Waals surface area contributed by atoms with Crippen LogP contribution in [0.15, 0.2) is 41.3 Å². The zero-order valence-corrected chi connectivity index (χ0v) is 23.1. The molecule has 0 radical (unpaired) electrons. The molecule has 40 heavy (non-hydrogen) atoms. The van der Waals surface area contributed by atoms with Gasteiger partial charge in [-0.3, -0.25) is 9.59 Å². The van der Waals surface area contributed by atoms with Crippen molar-refractivity contribution in [3.05, 3.63) is 74.5 Å². The third kappa shape index (κ3) is 6.65. The number of hydrogen-bond acceptors (Lipinski definition) is 5. The first-order valence-electron chi connectivity index (χ1n) is 13.8. The van der Waals surface area contributed by atoms with Gasteiger partial charge in [0.05, 0.1) is 10.5 Å². The van der Waals surface area contributed by atoms with Gasteiger partial charge in [-0.05, 0) is 81.7 Å². The second kappa shape index (κ2) is 12.2. The van der Waals surface area contributed by atoms with E-state index in [0.29, 0.717) is 29.3 Å². The van der Waals surface area contributed by atoms with Crippen molar-refractivity contribution >= 4 is 28.4 Å². The maximum atomic E-state index is 14.2. The number of hydrogen-bond donors (Lipinski definition) is 3. The Bertz CT molecular complexity index is 1450. The van der Waals surface area contributed by atoms with E-state index in [4.69, 9.17) is 16.3 Å². The number of rotatable bonds is 10. The van der Waals surface area contributed by atoms with E-state index in [0.717, 1.165) is 51.1 Å². The van der Waals surface area contributed by atoms with Crippen molar-refractivity contribution in [3.63, 3.8) is 0 Å². The normalized spacial score (nSPS) is 19.9. The number of fused-ring (bicyclic) bond motifs is 1. The van der Waals surface area contributed by atoms with Gasteiger partial charge in [0.15, 0.2) is 0 Å². The summed E-state index contributed by atoms with van der Waals surface area (Å²) in [4.78, 5) is 26.2. The van der Waals surface area contributed by atoms with Gasteiger partial charge in [0, 0.05) is 36.3 Å². The fourth-order valence-electron chi connectivity index (χ4n) is 5.30. The average molecular weight is 574 g/mol. The molecule has 1 atom stereocenters. The molecule has 0 spiro atoms. The van der Waals surface area contributed by atoms with Crippen molar-refractivity contribution in [1.82, 2.24) is 15.2 Å². The summed E-state index contributed by atoms with van der Waals surface area (Å²) in [6.45, 7) is 2.81. The third-order valence-electron chi connectivity index (χ3n) is 7.84. The van der Waals surface area contributed by atoms with Crippen molar-refractivity contribution < 1.29 is 23.4 Å². The molecule has 1 amide bonds. The molecule has 2 aliphatic carbocycles. The Morgan fingerprint density at radius 2 is 1.88 bits per heavy atom. The number of pyridine rings is 1. The van der Waals surface area contributed by atoms with Crippen molar-refractivity contribution in [2.24, 2.45) is 5.92 Å². The summed E-state index contributed by atoms with van der Waals surface area (Å²) in [5.41, 5.74) is 0.614. The summed E-state index contributed by atoms with van der Waals surface area (Å²) < 4.78 is 35.2. The number of amides is 1. The molecule has 1 aromatic heterocycles. The zero-order valence-electron chi connectivity index (χ0n) is 22.4. The molecule has 2 aromatic carbocycles. The standard InChI is InChI=1S/C30H34ClF2N3O4/c1-17-2-9-22(10-26(17)32)40-16-21(37)14-34-13-18-3-5-19(6-4-18)35-30(39)24-15-36(20-7-8-20)28-12-25(31)27(33)11-23(28)29(24)38/h2,9-12,15,18-21,34,37H,3-8,13-14,16H2,1H3,(H,35,39)/t18?,19?,21-/m1/s1. The van der Waals surface area contributed by atoms with Crippen molar-refractivity contribution in [3.8, 4) is 5.75 Å². The molecule has 7 nitrogen and oxygen atoms in total. The van der Waals surface area contributed by atoms with Crippen LogP contribution in [0.5, 0.6) is 5.75 Å². The van der Waals surface area contributed by atoms with Gasteiger partial charge >= 0.3 is 0 Å². The number of ether oxygens (including phenoxy) is 1. The number of halogens is 3. The summed E-state index contributed by atoms with van der Waals surface area (Å²) in [7, 11) is 0. The van der Waals surface area contributed by atoms with Gasteiger partial charge in [-0.25, -0.2) is 8.78 Å². The maximum absolute atomic E-state index is 14.2. The molecule has 0 saturated heterocycles. The van der Waals surface area contributed by atoms with Crippen LogP contribution in [0, 0.1) is 24.5 Å². The fourth-order valence-corrected chi connectivity index (χ4v) is 5.46. The molecule has 0 aliphatic heterocycles. The number of aliphatic hydroxyl groups excluding tert-OH is 1. The number of carbonyl (C=O) groups excluding carboxylic acids is 1. The van der Waals surface area contributed by atoms with Crippen LogP contribution >= 0.6 is 11.6 Å². The maximum Gasteiger partial charge on any atom is 0.256 e. The molecule has 3 N–H and O–H groups in total. The predicted molar refractivity (Wildman–Crippen MR) is 150 cm³/mol. The topological polar surface area (TPSA) is 92.6 Å². The highest BCUT2D eigenvalue weighted by molar-refractivity contribution is 6.31. The van der Waals surface area contributed by atoms with Gasteiger partial charge in [0.2, 0.25) is 5.43 Å². The molecule has 1 heterocycles. The van der Waals surface area contributed by atoms with Crippen LogP contribution in [0.4, 0.5) is 8.78 Å². The highest BCUT2D eigenvalue weighted by atomic mass is 35.5. The molecule has 2 fully saturated rings. The van der Waals surface area contributed by atoms with E-state index in [1.807, 2.05) is 4.57 Å². The lowest BCUT2D eigenvalue weighted by atomic mass is 9.86. The highest BCUT2D eigenvalue weighted by Gasteiger charge is 2.29. The lowest BCUT2D eigenvalue weighted by Gasteiger charge is -2.29. The van der Waals surface area contributed by atoms with Crippen LogP contribution in [-0.2, 0) is 0 Å². The molecular weight excluding hydrogens is 540 g/mol. The highest BCUT2D eigenvalue weighted by Crippen LogP contribution is 2.37. The van der Waals surface area contributed by atoms with Gasteiger partial charge in [-0.1, -0.05) is 17.7 Å². The van der Waals surface area contributed by atoms with E-state index in [2.05, 4.69) is 10.6 Å². The van der Waals surface area contributed by atoms with Crippen molar-refractivity contribution in [2.45, 2.75) is 63.6 Å². The molecular formula is C30H34ClF2N3O4. The fraction of sp³-hybridized carbons (Fsp3) is 0.467. The largest absolute Gasteiger partial charge is 0.491 e. The monoisotopic (exact) mass is 573 g/mol. The van der Waals surface area contributed by atoms with Crippen molar-refractivity contribution in [2.75, 3.05) is 19.7 Å². The van der Waals surface area contributed by atoms with Gasteiger partial charge in [-0.2, -0.15) is 0 Å². The molecule has 10 heteroatoms. The predicted octanol–water partition coefficient (Wildman–Crippen LogP) is 4.89. The SMILES string of the molecule is Cc1ccc(OC[C@H](O)CNCC2CCC(NC(=O)c3cn(C4CC4)c4cc(Cl)c(F)cc4c3=O)CC2)cc1F. The first-order valence-corrected chi connectivity index (χ1v) is 14.2. The number of nitrogens with zero attached hydrogens (tertiary/aromatic N) is 1. The first-order chi connectivity index (χ1) is 19.2. The van der Waals surface area contributed by atoms with Crippen molar-refractivity contribution in [1.29, 1.82) is 0 Å².